The zero-order valence-corrected chi connectivity index (χ0v) is 14.6. The molecule has 1 heteroatoms. The van der Waals surface area contributed by atoms with E-state index in [0.717, 1.165) is 36.1 Å². The second-order valence-electron chi connectivity index (χ2n) is 9.16. The number of nitrogens with two attached hydrogens (primary N) is 1. The summed E-state index contributed by atoms with van der Waals surface area (Å²) in [5, 5.41) is 0. The maximum Gasteiger partial charge on any atom is -0.00203 e. The van der Waals surface area contributed by atoms with Gasteiger partial charge in [0, 0.05) is 0 Å². The minimum atomic E-state index is 0.390. The quantitative estimate of drug-likeness (QED) is 0.710. The Hall–Kier alpha value is -0.300. The molecule has 0 aliphatic heterocycles. The molecule has 1 nitrogen and oxygen atoms in total. The Morgan fingerprint density at radius 1 is 1.14 bits per heavy atom. The summed E-state index contributed by atoms with van der Waals surface area (Å²) in [5.41, 5.74) is 7.11. The fourth-order valence-corrected chi connectivity index (χ4v) is 6.26. The second-order valence-corrected chi connectivity index (χ2v) is 9.16. The van der Waals surface area contributed by atoms with Crippen molar-refractivity contribution in [3.8, 4) is 0 Å². The van der Waals surface area contributed by atoms with Crippen LogP contribution in [-0.2, 0) is 0 Å². The van der Waals surface area contributed by atoms with Gasteiger partial charge in [0.1, 0.15) is 0 Å². The lowest BCUT2D eigenvalue weighted by molar-refractivity contribution is -0.0901. The van der Waals surface area contributed by atoms with Gasteiger partial charge in [-0.2, -0.15) is 0 Å². The molecule has 0 heterocycles. The second kappa shape index (κ2) is 5.41. The van der Waals surface area contributed by atoms with Gasteiger partial charge in [-0.05, 0) is 79.1 Å². The first-order valence-corrected chi connectivity index (χ1v) is 9.29. The minimum absolute atomic E-state index is 0.390. The molecule has 21 heavy (non-hydrogen) atoms. The fourth-order valence-electron chi connectivity index (χ4n) is 6.26. The predicted octanol–water partition coefficient (Wildman–Crippen LogP) is 5.02. The van der Waals surface area contributed by atoms with Crippen molar-refractivity contribution in [3.63, 3.8) is 0 Å². The molecule has 120 valence electrons. The molecule has 0 aromatic carbocycles. The van der Waals surface area contributed by atoms with Crippen LogP contribution in [0.15, 0.2) is 12.2 Å². The summed E-state index contributed by atoms with van der Waals surface area (Å²) < 4.78 is 0. The first-order chi connectivity index (χ1) is 9.90. The Labute approximate surface area is 131 Å². The number of hydrogen-bond donors (Lipinski definition) is 1. The molecule has 0 aromatic rings. The van der Waals surface area contributed by atoms with Crippen LogP contribution in [0.4, 0.5) is 0 Å². The van der Waals surface area contributed by atoms with E-state index in [2.05, 4.69) is 39.8 Å². The van der Waals surface area contributed by atoms with Gasteiger partial charge in [-0.15, -0.1) is 0 Å². The van der Waals surface area contributed by atoms with Crippen molar-refractivity contribution in [2.24, 2.45) is 46.2 Å². The summed E-state index contributed by atoms with van der Waals surface area (Å²) in [4.78, 5) is 0. The van der Waals surface area contributed by atoms with Crippen molar-refractivity contribution >= 4 is 0 Å². The van der Waals surface area contributed by atoms with Crippen LogP contribution < -0.4 is 5.73 Å². The van der Waals surface area contributed by atoms with Crippen molar-refractivity contribution in [2.45, 2.75) is 66.2 Å². The molecule has 2 N–H and O–H groups in total. The van der Waals surface area contributed by atoms with Gasteiger partial charge in [-0.1, -0.05) is 46.3 Å². The van der Waals surface area contributed by atoms with Gasteiger partial charge in [-0.25, -0.2) is 0 Å². The van der Waals surface area contributed by atoms with E-state index in [4.69, 9.17) is 5.73 Å². The number of rotatable bonds is 2. The highest BCUT2D eigenvalue weighted by atomic mass is 14.7. The van der Waals surface area contributed by atoms with E-state index in [1.165, 1.54) is 38.5 Å². The molecule has 3 rings (SSSR count). The number of hydrogen-bond acceptors (Lipinski definition) is 1. The third-order valence-electron chi connectivity index (χ3n) is 7.66. The largest absolute Gasteiger partial charge is 0.330 e. The van der Waals surface area contributed by atoms with Crippen LogP contribution in [0.1, 0.15) is 66.2 Å². The molecule has 0 saturated heterocycles. The van der Waals surface area contributed by atoms with Crippen molar-refractivity contribution in [1.29, 1.82) is 0 Å². The van der Waals surface area contributed by atoms with Crippen LogP contribution in [0.25, 0.3) is 0 Å². The molecule has 0 aromatic heterocycles. The molecule has 0 amide bonds. The average molecular weight is 290 g/mol. The Morgan fingerprint density at radius 2 is 1.90 bits per heavy atom. The Kier molecular flexibility index (Phi) is 4.01. The van der Waals surface area contributed by atoms with Gasteiger partial charge in [0.05, 0.1) is 0 Å². The summed E-state index contributed by atoms with van der Waals surface area (Å²) in [6, 6.07) is 0. The first-order valence-electron chi connectivity index (χ1n) is 9.29. The van der Waals surface area contributed by atoms with Crippen LogP contribution >= 0.6 is 0 Å². The highest BCUT2D eigenvalue weighted by molar-refractivity contribution is 5.14. The SMILES string of the molecule is CC(C)C1C=CC2C(CCC3C(C)(CN)CCCC23C)C1. The lowest BCUT2D eigenvalue weighted by Gasteiger charge is -2.60. The average Bonchev–Trinajstić information content (AvgIpc) is 2.46. The van der Waals surface area contributed by atoms with Crippen molar-refractivity contribution in [3.05, 3.63) is 12.2 Å². The van der Waals surface area contributed by atoms with Crippen LogP contribution in [0, 0.1) is 40.4 Å². The van der Waals surface area contributed by atoms with E-state index in [9.17, 15) is 0 Å². The van der Waals surface area contributed by atoms with Crippen molar-refractivity contribution in [2.75, 3.05) is 6.54 Å². The molecular weight excluding hydrogens is 254 g/mol. The fraction of sp³-hybridized carbons (Fsp3) is 0.900. The topological polar surface area (TPSA) is 26.0 Å². The molecule has 0 bridgehead atoms. The molecule has 6 atom stereocenters. The zero-order valence-electron chi connectivity index (χ0n) is 14.6. The molecular formula is C20H35N. The third-order valence-corrected chi connectivity index (χ3v) is 7.66. The summed E-state index contributed by atoms with van der Waals surface area (Å²) in [6.45, 7) is 10.7. The van der Waals surface area contributed by atoms with E-state index in [1.807, 2.05) is 0 Å². The van der Waals surface area contributed by atoms with E-state index in [-0.39, 0.29) is 0 Å². The van der Waals surface area contributed by atoms with Gasteiger partial charge in [0.2, 0.25) is 0 Å². The van der Waals surface area contributed by atoms with E-state index in [1.54, 1.807) is 0 Å². The first kappa shape index (κ1) is 15.6. The van der Waals surface area contributed by atoms with E-state index >= 15 is 0 Å². The number of allylic oxidation sites excluding steroid dienone is 2. The monoisotopic (exact) mass is 289 g/mol. The lowest BCUT2D eigenvalue weighted by atomic mass is 9.44. The molecule has 3 aliphatic rings. The molecule has 6 unspecified atom stereocenters. The van der Waals surface area contributed by atoms with Gasteiger partial charge in [-0.3, -0.25) is 0 Å². The molecule has 0 spiro atoms. The summed E-state index contributed by atoms with van der Waals surface area (Å²) in [7, 11) is 0. The van der Waals surface area contributed by atoms with Gasteiger partial charge >= 0.3 is 0 Å². The van der Waals surface area contributed by atoms with E-state index < -0.39 is 0 Å². The van der Waals surface area contributed by atoms with Gasteiger partial charge < -0.3 is 5.73 Å². The Morgan fingerprint density at radius 3 is 2.57 bits per heavy atom. The summed E-state index contributed by atoms with van der Waals surface area (Å²) in [5.74, 6) is 4.20. The van der Waals surface area contributed by atoms with E-state index in [0.29, 0.717) is 10.8 Å². The van der Waals surface area contributed by atoms with Crippen LogP contribution in [0.2, 0.25) is 0 Å². The number of fused-ring (bicyclic) bond motifs is 3. The predicted molar refractivity (Wildman–Crippen MR) is 90.9 cm³/mol. The molecule has 2 fully saturated rings. The smallest absolute Gasteiger partial charge is 0.00203 e. The molecule has 3 aliphatic carbocycles. The normalized spacial score (nSPS) is 49.8. The molecule has 2 saturated carbocycles. The standard InChI is InChI=1S/C20H35N/c1-14(2)15-6-8-17-16(12-15)7-9-18-19(3,13-21)10-5-11-20(17,18)4/h6,8,14-18H,5,7,9-13,21H2,1-4H3. The van der Waals surface area contributed by atoms with Gasteiger partial charge in [0.15, 0.2) is 0 Å². The van der Waals surface area contributed by atoms with Crippen LogP contribution in [0.3, 0.4) is 0 Å². The summed E-state index contributed by atoms with van der Waals surface area (Å²) in [6.07, 6.45) is 13.6. The highest BCUT2D eigenvalue weighted by Crippen LogP contribution is 2.63. The summed E-state index contributed by atoms with van der Waals surface area (Å²) >= 11 is 0. The molecule has 0 radical (unpaired) electrons. The maximum absolute atomic E-state index is 6.22. The zero-order chi connectivity index (χ0) is 15.3. The third kappa shape index (κ3) is 2.40. The Balaban J connectivity index is 1.89. The van der Waals surface area contributed by atoms with Gasteiger partial charge in [0.25, 0.3) is 0 Å². The highest BCUT2D eigenvalue weighted by Gasteiger charge is 2.55. The Bertz CT molecular complexity index is 412. The minimum Gasteiger partial charge on any atom is -0.330 e. The maximum atomic E-state index is 6.22. The van der Waals surface area contributed by atoms with Crippen molar-refractivity contribution < 1.29 is 0 Å². The van der Waals surface area contributed by atoms with Crippen LogP contribution in [-0.4, -0.2) is 6.54 Å². The van der Waals surface area contributed by atoms with Crippen molar-refractivity contribution in [1.82, 2.24) is 0 Å². The van der Waals surface area contributed by atoms with Crippen LogP contribution in [0.5, 0.6) is 0 Å². The lowest BCUT2D eigenvalue weighted by Crippen LogP contribution is -2.54.